The first-order valence-corrected chi connectivity index (χ1v) is 46.4. The van der Waals surface area contributed by atoms with Crippen molar-refractivity contribution in [1.82, 2.24) is 56.4 Å². The van der Waals surface area contributed by atoms with Crippen molar-refractivity contribution >= 4 is 145 Å². The van der Waals surface area contributed by atoms with Crippen LogP contribution in [0.4, 0.5) is 22.7 Å². The highest BCUT2D eigenvalue weighted by molar-refractivity contribution is 6.31. The molecule has 5 unspecified atom stereocenters. The van der Waals surface area contributed by atoms with E-state index in [0.29, 0.717) is 210 Å². The zero-order chi connectivity index (χ0) is 99.4. The predicted octanol–water partition coefficient (Wildman–Crippen LogP) is 14.9. The van der Waals surface area contributed by atoms with Gasteiger partial charge in [-0.2, -0.15) is 0 Å². The molecule has 0 spiro atoms. The Labute approximate surface area is 817 Å². The third-order valence-electron chi connectivity index (χ3n) is 25.6. The molecule has 142 heavy (non-hydrogen) atoms. The lowest BCUT2D eigenvalue weighted by Crippen LogP contribution is -2.51. The van der Waals surface area contributed by atoms with Gasteiger partial charge in [-0.1, -0.05) is 129 Å². The summed E-state index contributed by atoms with van der Waals surface area (Å²) < 4.78 is 16.9. The van der Waals surface area contributed by atoms with Crippen molar-refractivity contribution < 1.29 is 85.2 Å². The maximum absolute atomic E-state index is 12.9. The number of hydrogen-bond donors (Lipinski definition) is 10. The highest BCUT2D eigenvalue weighted by atomic mass is 35.5. The average molecular weight is 1930 g/mol. The summed E-state index contributed by atoms with van der Waals surface area (Å²) in [5.74, 6) is -3.82. The Morgan fingerprint density at radius 3 is 0.923 bits per heavy atom. The van der Waals surface area contributed by atoms with Crippen LogP contribution in [0.1, 0.15) is 202 Å². The van der Waals surface area contributed by atoms with Gasteiger partial charge in [-0.3, -0.25) is 96.4 Å². The molecular formula is C108H94ClN15O18. The summed E-state index contributed by atoms with van der Waals surface area (Å²) in [5.41, 5.74) is 13.7. The Hall–Kier alpha value is -17.5. The van der Waals surface area contributed by atoms with E-state index < -0.39 is 89.3 Å². The maximum Gasteiger partial charge on any atom is 0.262 e. The van der Waals surface area contributed by atoms with E-state index in [1.54, 1.807) is 103 Å². The highest BCUT2D eigenvalue weighted by Gasteiger charge is 2.50. The second-order valence-electron chi connectivity index (χ2n) is 35.3. The van der Waals surface area contributed by atoms with Crippen LogP contribution in [-0.4, -0.2) is 143 Å². The summed E-state index contributed by atoms with van der Waals surface area (Å²) in [6.45, 7) is 21.7. The van der Waals surface area contributed by atoms with Crippen LogP contribution in [0.5, 0.6) is 0 Å². The van der Waals surface area contributed by atoms with E-state index in [9.17, 15) is 71.9 Å². The number of anilines is 4. The molecule has 716 valence electrons. The molecule has 0 aliphatic carbocycles. The van der Waals surface area contributed by atoms with Crippen molar-refractivity contribution in [1.29, 1.82) is 0 Å². The minimum absolute atomic E-state index is 0.298. The van der Waals surface area contributed by atoms with Crippen LogP contribution >= 0.6 is 11.6 Å². The molecular weight excluding hydrogens is 1830 g/mol. The van der Waals surface area contributed by atoms with Crippen LogP contribution in [0.25, 0.3) is 21.9 Å². The van der Waals surface area contributed by atoms with Crippen molar-refractivity contribution in [2.24, 2.45) is 0 Å². The largest absolute Gasteiger partial charge is 0.467 e. The van der Waals surface area contributed by atoms with Gasteiger partial charge in [0.1, 0.15) is 58.7 Å². The molecule has 10 N–H and O–H groups in total. The van der Waals surface area contributed by atoms with Crippen molar-refractivity contribution in [2.45, 2.75) is 134 Å². The number of amides is 15. The Kier molecular flexibility index (Phi) is 27.2. The number of carbonyl (C=O) groups excluding carboxylic acids is 15. The zero-order valence-corrected chi connectivity index (χ0v) is 77.3. The molecule has 10 aliphatic rings. The minimum Gasteiger partial charge on any atom is -0.467 e. The van der Waals surface area contributed by atoms with E-state index in [1.165, 1.54) is 0 Å². The normalized spacial score (nSPS) is 18.9. The van der Waals surface area contributed by atoms with Crippen LogP contribution in [-0.2, 0) is 63.2 Å². The molecule has 34 heteroatoms. The molecule has 33 nitrogen and oxygen atoms in total. The van der Waals surface area contributed by atoms with Crippen LogP contribution in [0.2, 0.25) is 5.02 Å². The lowest BCUT2D eigenvalue weighted by molar-refractivity contribution is -0.126. The number of imide groups is 5. The molecule has 0 radical (unpaired) electrons. The summed E-state index contributed by atoms with van der Waals surface area (Å²) in [4.78, 5) is 195. The van der Waals surface area contributed by atoms with Crippen LogP contribution in [0.3, 0.4) is 0 Å². The van der Waals surface area contributed by atoms with Crippen LogP contribution in [0.15, 0.2) is 299 Å². The lowest BCUT2D eigenvalue weighted by Gasteiger charge is -2.29. The van der Waals surface area contributed by atoms with E-state index in [4.69, 9.17) is 24.9 Å². The van der Waals surface area contributed by atoms with Crippen molar-refractivity contribution in [2.75, 3.05) is 21.3 Å². The SMILES string of the molecule is C=C1CCC(N2C(=O)c3ccc(CNCc4cc5ccccc5o4)cc3C2=O)C(=O)N1.C=C1CCC(N2C(=O)c3ccc(NCc4cc5ccccc5o4)cc3C2=O)C(=O)N1.C=C1CCC(N2C(=O)c3ccc(NCc4cccc(Cl)c4)cc3C2=O)C(=O)N1.C=C1CCC(N2C(=O)c3ccc(NCc4ccccc4)cc3C2=O)C(=O)N1.C=C1CCC(N2C(=O)c3ccc(NCc4ccco4)cc3C2=O)C(=O)N1. The Balaban J connectivity index is 0.000000117. The fourth-order valence-corrected chi connectivity index (χ4v) is 18.6. The Bertz CT molecular complexity index is 7280. The van der Waals surface area contributed by atoms with Crippen LogP contribution in [0, 0.1) is 0 Å². The van der Waals surface area contributed by atoms with Crippen LogP contribution < -0.4 is 53.2 Å². The number of hydrogen-bond acceptors (Lipinski definition) is 23. The number of para-hydroxylation sites is 2. The number of halogens is 1. The molecule has 0 bridgehead atoms. The number of benzene rings is 9. The Morgan fingerprint density at radius 2 is 0.577 bits per heavy atom. The molecule has 12 aromatic rings. The fourth-order valence-electron chi connectivity index (χ4n) is 18.4. The van der Waals surface area contributed by atoms with E-state index in [2.05, 4.69) is 86.1 Å². The van der Waals surface area contributed by atoms with Gasteiger partial charge in [0.05, 0.1) is 81.5 Å². The van der Waals surface area contributed by atoms with Gasteiger partial charge in [0.25, 0.3) is 59.1 Å². The van der Waals surface area contributed by atoms with Gasteiger partial charge in [0.2, 0.25) is 29.5 Å². The number of fused-ring (bicyclic) bond motifs is 7. The Morgan fingerprint density at radius 1 is 0.275 bits per heavy atom. The quantitative estimate of drug-likeness (QED) is 0.0299. The fraction of sp³-hybridized carbons (Fsp3) is 0.194. The van der Waals surface area contributed by atoms with Gasteiger partial charge in [-0.05, 0) is 214 Å². The first-order valence-electron chi connectivity index (χ1n) is 46.0. The predicted molar refractivity (Wildman–Crippen MR) is 525 cm³/mol. The summed E-state index contributed by atoms with van der Waals surface area (Å²) in [7, 11) is 0. The van der Waals surface area contributed by atoms with Gasteiger partial charge in [-0.15, -0.1) is 0 Å². The number of nitrogens with one attached hydrogen (secondary N) is 10. The van der Waals surface area contributed by atoms with E-state index >= 15 is 0 Å². The molecule has 22 rings (SSSR count). The summed E-state index contributed by atoms with van der Waals surface area (Å²) in [5, 5.41) is 32.1. The molecule has 9 aromatic carbocycles. The zero-order valence-electron chi connectivity index (χ0n) is 76.6. The number of carbonyl (C=O) groups is 15. The second kappa shape index (κ2) is 40.7. The molecule has 5 fully saturated rings. The molecule has 15 amide bonds. The topological polar surface area (TPSA) is 432 Å². The summed E-state index contributed by atoms with van der Waals surface area (Å²) in [6.07, 6.45) is 6.24. The second-order valence-corrected chi connectivity index (χ2v) is 35.7. The monoisotopic (exact) mass is 1920 g/mol. The molecule has 10 aliphatic heterocycles. The molecule has 5 atom stereocenters. The smallest absolute Gasteiger partial charge is 0.262 e. The average Bonchev–Trinajstić information content (AvgIpc) is 1.63. The van der Waals surface area contributed by atoms with Gasteiger partial charge in [-0.25, -0.2) is 0 Å². The molecule has 3 aromatic heterocycles. The van der Waals surface area contributed by atoms with E-state index in [1.807, 2.05) is 121 Å². The van der Waals surface area contributed by atoms with E-state index in [-0.39, 0.29) is 29.5 Å². The summed E-state index contributed by atoms with van der Waals surface area (Å²) >= 11 is 6.00. The summed E-state index contributed by atoms with van der Waals surface area (Å²) in [6, 6.07) is 61.9. The third kappa shape index (κ3) is 19.9. The highest BCUT2D eigenvalue weighted by Crippen LogP contribution is 2.38. The number of nitrogens with zero attached hydrogens (tertiary/aromatic N) is 5. The number of furan rings is 3. The number of piperidine rings is 5. The van der Waals surface area contributed by atoms with Crippen molar-refractivity contribution in [3.8, 4) is 0 Å². The minimum atomic E-state index is -0.810. The first kappa shape index (κ1) is 94.9. The van der Waals surface area contributed by atoms with E-state index in [0.717, 1.165) is 86.1 Å². The first-order chi connectivity index (χ1) is 68.5. The van der Waals surface area contributed by atoms with Gasteiger partial charge in [0, 0.05) is 86.7 Å². The third-order valence-corrected chi connectivity index (χ3v) is 25.9. The molecule has 5 saturated heterocycles. The molecule has 13 heterocycles. The van der Waals surface area contributed by atoms with Gasteiger partial charge >= 0.3 is 0 Å². The van der Waals surface area contributed by atoms with Crippen molar-refractivity contribution in [3.05, 3.63) is 381 Å². The van der Waals surface area contributed by atoms with Gasteiger partial charge in [0.15, 0.2) is 0 Å². The standard InChI is InChI=1S/C24H21N3O4.C23H19N3O4.C21H18ClN3O3.C21H19N3O3.C19H17N3O4/c1-14-6-9-20(22(28)26-14)27-23(29)18-8-7-15(10-19(18)24(27)30)12-25-13-17-11-16-4-2-3-5-21(16)31-17;1-13-6-9-19(21(27)25-13)26-22(28)17-8-7-15(11-18(17)23(26)29)24-12-16-10-14-4-2-3-5-20(14)30-16;1-12-5-8-18(19(26)24-12)25-20(27)16-7-6-15(10-17(16)21(25)28)23-11-13-3-2-4-14(22)9-13;1-13-7-10-18(19(25)23-13)24-20(26)16-9-8-15(11-17(16)21(24)27)22-12-14-5-3-2-4-6-14;1-11-4-7-16(17(23)21-11)22-18(24)14-6-5-12(9-15(14)19(22)25)20-10-13-3-2-8-26-13/h2-5,7-8,10-11,20,25H,1,6,9,12-13H2,(H,26,28);2-5,7-8,10-11,19,24H,1,6,9,12H2,(H,25,27);2-4,6-7,9-10,18,23H,1,5,8,11H2,(H,24,26);2-6,8-9,11,18,22H,1,7,10,12H2,(H,23,25);2-3,5-6,8-9,16,20H,1,4,7,10H2,(H,21,23). The van der Waals surface area contributed by atoms with Gasteiger partial charge < -0.3 is 66.4 Å². The number of allylic oxidation sites excluding steroid dienone is 5. The lowest BCUT2D eigenvalue weighted by atomic mass is 10.0. The number of rotatable bonds is 21. The maximum atomic E-state index is 12.9. The molecule has 0 saturated carbocycles. The van der Waals surface area contributed by atoms with Crippen molar-refractivity contribution in [3.63, 3.8) is 0 Å².